The number of rotatable bonds is 4. The Bertz CT molecular complexity index is 457. The summed E-state index contributed by atoms with van der Waals surface area (Å²) in [5, 5.41) is 0.218. The van der Waals surface area contributed by atoms with E-state index in [0.29, 0.717) is 0 Å². The molecular weight excluding hydrogens is 214 g/mol. The van der Waals surface area contributed by atoms with Crippen LogP contribution in [0.5, 0.6) is 0 Å². The highest BCUT2D eigenvalue weighted by atomic mass is 14.1. The molecule has 1 rings (SSSR count). The number of benzene rings is 1. The van der Waals surface area contributed by atoms with Gasteiger partial charge >= 0.3 is 0 Å². The van der Waals surface area contributed by atoms with Gasteiger partial charge < -0.3 is 0 Å². The van der Waals surface area contributed by atoms with E-state index in [-0.39, 0.29) is 5.21 Å². The van der Waals surface area contributed by atoms with Crippen LogP contribution in [0.15, 0.2) is 54.6 Å². The molecule has 0 heterocycles. The quantitative estimate of drug-likeness (QED) is 0.556. The summed E-state index contributed by atoms with van der Waals surface area (Å²) < 4.78 is 0. The van der Waals surface area contributed by atoms with Gasteiger partial charge in [-0.1, -0.05) is 72.3 Å². The molecule has 0 aliphatic carbocycles. The summed E-state index contributed by atoms with van der Waals surface area (Å²) in [6.45, 7) is 6.34. The molecule has 1 aromatic carbocycles. The van der Waals surface area contributed by atoms with Crippen LogP contribution in [0, 0.1) is 0 Å². The Kier molecular flexibility index (Phi) is 5.27. The first kappa shape index (κ1) is 14.6. The molecule has 0 bridgehead atoms. The van der Waals surface area contributed by atoms with Gasteiger partial charge in [0, 0.05) is 0 Å². The molecular formula is C16H22B2. The molecule has 0 atom stereocenters. The minimum atomic E-state index is 0.218. The van der Waals surface area contributed by atoms with Crippen molar-refractivity contribution in [1.82, 2.24) is 0 Å². The molecule has 0 aliphatic rings. The van der Waals surface area contributed by atoms with Crippen molar-refractivity contribution >= 4 is 21.3 Å². The van der Waals surface area contributed by atoms with Crippen LogP contribution in [0.4, 0.5) is 0 Å². The second-order valence-corrected chi connectivity index (χ2v) is 5.46. The van der Waals surface area contributed by atoms with E-state index in [1.54, 1.807) is 0 Å². The fourth-order valence-electron chi connectivity index (χ4n) is 1.79. The molecule has 0 saturated carbocycles. The lowest BCUT2D eigenvalue weighted by molar-refractivity contribution is 0.972. The van der Waals surface area contributed by atoms with Gasteiger partial charge in [-0.3, -0.25) is 0 Å². The second-order valence-electron chi connectivity index (χ2n) is 5.46. The van der Waals surface area contributed by atoms with Crippen molar-refractivity contribution in [3.8, 4) is 0 Å². The Hall–Kier alpha value is -1.43. The molecule has 2 heteroatoms. The summed E-state index contributed by atoms with van der Waals surface area (Å²) in [6.07, 6.45) is 10.4. The zero-order valence-electron chi connectivity index (χ0n) is 12.2. The molecule has 0 aromatic heterocycles. The normalized spacial score (nSPS) is 13.6. The van der Waals surface area contributed by atoms with Crippen molar-refractivity contribution < 1.29 is 0 Å². The van der Waals surface area contributed by atoms with Crippen LogP contribution in [0.2, 0.25) is 0 Å². The van der Waals surface area contributed by atoms with E-state index in [4.69, 9.17) is 0 Å². The van der Waals surface area contributed by atoms with Crippen molar-refractivity contribution in [2.75, 3.05) is 0 Å². The molecule has 0 spiro atoms. The van der Waals surface area contributed by atoms with Gasteiger partial charge in [0.05, 0.1) is 0 Å². The van der Waals surface area contributed by atoms with Gasteiger partial charge in [-0.25, -0.2) is 0 Å². The van der Waals surface area contributed by atoms with Crippen molar-refractivity contribution in [2.45, 2.75) is 26.0 Å². The van der Waals surface area contributed by atoms with Crippen LogP contribution in [0.25, 0.3) is 5.57 Å². The van der Waals surface area contributed by atoms with Crippen molar-refractivity contribution in [3.05, 3.63) is 65.8 Å². The highest BCUT2D eigenvalue weighted by molar-refractivity contribution is 6.39. The van der Waals surface area contributed by atoms with E-state index >= 15 is 0 Å². The lowest BCUT2D eigenvalue weighted by Crippen LogP contribution is -2.21. The van der Waals surface area contributed by atoms with Crippen LogP contribution in [-0.4, -0.2) is 15.7 Å². The smallest absolute Gasteiger partial charge is 0.0877 e. The first-order chi connectivity index (χ1) is 8.49. The first-order valence-electron chi connectivity index (χ1n) is 6.55. The maximum absolute atomic E-state index is 2.24. The maximum Gasteiger partial charge on any atom is 0.104 e. The molecule has 0 saturated heterocycles. The van der Waals surface area contributed by atoms with E-state index in [2.05, 4.69) is 72.0 Å². The standard InChI is InChI=1S/C16H22B2/c1-4-6-7-8-13(5-2)14-9-11-15(12-10-14)16(3,17)18/h4-12H,17-18H2,1-3H3/b6-4-,8-7-,13-5-. The second kappa shape index (κ2) is 6.49. The third-order valence-corrected chi connectivity index (χ3v) is 2.97. The van der Waals surface area contributed by atoms with Crippen LogP contribution < -0.4 is 0 Å². The maximum atomic E-state index is 2.24. The molecule has 0 N–H and O–H groups in total. The van der Waals surface area contributed by atoms with Gasteiger partial charge in [0.2, 0.25) is 0 Å². The van der Waals surface area contributed by atoms with E-state index < -0.39 is 0 Å². The zero-order valence-corrected chi connectivity index (χ0v) is 12.2. The molecule has 0 aliphatic heterocycles. The van der Waals surface area contributed by atoms with E-state index in [9.17, 15) is 0 Å². The van der Waals surface area contributed by atoms with Gasteiger partial charge in [0.25, 0.3) is 0 Å². The summed E-state index contributed by atoms with van der Waals surface area (Å²) in [7, 11) is 4.48. The largest absolute Gasteiger partial charge is 0.104 e. The highest BCUT2D eigenvalue weighted by Gasteiger charge is 2.13. The lowest BCUT2D eigenvalue weighted by Gasteiger charge is -2.19. The summed E-state index contributed by atoms with van der Waals surface area (Å²) in [5.74, 6) is 0. The molecule has 0 fully saturated rings. The topological polar surface area (TPSA) is 0 Å². The third kappa shape index (κ3) is 4.10. The summed E-state index contributed by atoms with van der Waals surface area (Å²) in [5.41, 5.74) is 3.90. The Morgan fingerprint density at radius 1 is 1.06 bits per heavy atom. The van der Waals surface area contributed by atoms with Crippen molar-refractivity contribution in [1.29, 1.82) is 0 Å². The monoisotopic (exact) mass is 236 g/mol. The fraction of sp³-hybridized carbons (Fsp3) is 0.250. The zero-order chi connectivity index (χ0) is 13.6. The van der Waals surface area contributed by atoms with Crippen molar-refractivity contribution in [2.24, 2.45) is 0 Å². The molecule has 1 aromatic rings. The molecule has 92 valence electrons. The highest BCUT2D eigenvalue weighted by Crippen LogP contribution is 2.21. The SMILES string of the molecule is BC(B)(C)c1ccc(C(/C=C\C=C/C)=C\C)cc1. The third-order valence-electron chi connectivity index (χ3n) is 2.97. The Balaban J connectivity index is 2.97. The molecule has 0 amide bonds. The summed E-state index contributed by atoms with van der Waals surface area (Å²) >= 11 is 0. The van der Waals surface area contributed by atoms with Crippen LogP contribution >= 0.6 is 0 Å². The predicted molar refractivity (Wildman–Crippen MR) is 88.5 cm³/mol. The van der Waals surface area contributed by atoms with E-state index in [1.165, 1.54) is 16.7 Å². The Morgan fingerprint density at radius 2 is 1.67 bits per heavy atom. The molecule has 18 heavy (non-hydrogen) atoms. The average Bonchev–Trinajstić information content (AvgIpc) is 2.34. The van der Waals surface area contributed by atoms with Crippen LogP contribution in [-0.2, 0) is 5.21 Å². The first-order valence-corrected chi connectivity index (χ1v) is 6.55. The average molecular weight is 236 g/mol. The van der Waals surface area contributed by atoms with Gasteiger partial charge in [0.1, 0.15) is 15.7 Å². The molecule has 0 nitrogen and oxygen atoms in total. The summed E-state index contributed by atoms with van der Waals surface area (Å²) in [6, 6.07) is 8.86. The van der Waals surface area contributed by atoms with Crippen molar-refractivity contribution in [3.63, 3.8) is 0 Å². The molecule has 0 radical (unpaired) electrons. The predicted octanol–water partition coefficient (Wildman–Crippen LogP) is 2.66. The lowest BCUT2D eigenvalue weighted by atomic mass is 9.52. The number of hydrogen-bond acceptors (Lipinski definition) is 0. The fourth-order valence-corrected chi connectivity index (χ4v) is 1.79. The Labute approximate surface area is 113 Å². The number of hydrogen-bond donors (Lipinski definition) is 0. The minimum Gasteiger partial charge on any atom is -0.0877 e. The number of allylic oxidation sites excluding steroid dienone is 6. The van der Waals surface area contributed by atoms with E-state index in [1.807, 2.05) is 19.1 Å². The Morgan fingerprint density at radius 3 is 2.11 bits per heavy atom. The van der Waals surface area contributed by atoms with Gasteiger partial charge in [-0.2, -0.15) is 0 Å². The summed E-state index contributed by atoms with van der Waals surface area (Å²) in [4.78, 5) is 0. The van der Waals surface area contributed by atoms with E-state index in [0.717, 1.165) is 0 Å². The van der Waals surface area contributed by atoms with Crippen LogP contribution in [0.3, 0.4) is 0 Å². The van der Waals surface area contributed by atoms with Gasteiger partial charge in [-0.15, -0.1) is 0 Å². The van der Waals surface area contributed by atoms with Crippen LogP contribution in [0.1, 0.15) is 31.9 Å². The minimum absolute atomic E-state index is 0.218. The van der Waals surface area contributed by atoms with Gasteiger partial charge in [-0.05, 0) is 25.0 Å². The molecule has 0 unspecified atom stereocenters. The van der Waals surface area contributed by atoms with Gasteiger partial charge in [0.15, 0.2) is 0 Å².